The number of aryl methyl sites for hydroxylation is 1. The number of imidazole rings is 2. The molecule has 3 unspecified atom stereocenters. The highest BCUT2D eigenvalue weighted by molar-refractivity contribution is 5.91. The van der Waals surface area contributed by atoms with E-state index in [1.807, 2.05) is 61.2 Å². The summed E-state index contributed by atoms with van der Waals surface area (Å²) in [5.74, 6) is 1.30. The highest BCUT2D eigenvalue weighted by Crippen LogP contribution is 2.35. The molecule has 9 nitrogen and oxygen atoms in total. The number of nitrogens with one attached hydrogen (secondary N) is 1. The van der Waals surface area contributed by atoms with Gasteiger partial charge in [0.25, 0.3) is 0 Å². The number of aromatic nitrogens is 6. The van der Waals surface area contributed by atoms with Crippen molar-refractivity contribution in [2.75, 3.05) is 18.9 Å². The topological polar surface area (TPSA) is 89.0 Å². The maximum atomic E-state index is 4.86. The molecule has 0 spiro atoms. The highest BCUT2D eigenvalue weighted by Gasteiger charge is 2.30. The largest absolute Gasteiger partial charge is 0.354 e. The van der Waals surface area contributed by atoms with E-state index in [9.17, 15) is 0 Å². The maximum absolute atomic E-state index is 4.86. The van der Waals surface area contributed by atoms with E-state index >= 15 is 0 Å². The van der Waals surface area contributed by atoms with Gasteiger partial charge in [-0.25, -0.2) is 15.0 Å². The number of nitrogens with zero attached hydrogens (tertiary/aromatic N) is 8. The van der Waals surface area contributed by atoms with E-state index in [-0.39, 0.29) is 0 Å². The quantitative estimate of drug-likeness (QED) is 0.155. The smallest absolute Gasteiger partial charge is 0.225 e. The molecular weight excluding hydrogens is 510 g/mol. The second-order valence-electron chi connectivity index (χ2n) is 9.85. The van der Waals surface area contributed by atoms with Crippen molar-refractivity contribution in [3.63, 3.8) is 0 Å². The standard InChI is InChI=1S/C26H39N9.2C2H6.C2H2/c1-7-18(3)14-34-15-21(28-16-34)11-12-27-26-30-20(5)24-25(31-26)35(17-29-24)23-10-9-22(13-23)33(6)32-19(4)8-2;3*1-2/h8,15-18,22-23H,2,7,9-14H2,1,3-6H3,(H,27,30,31);2*1-2H3;1-2H/b32-19-;;;. The molecule has 3 aromatic heterocycles. The van der Waals surface area contributed by atoms with Gasteiger partial charge in [-0.15, -0.1) is 12.8 Å². The van der Waals surface area contributed by atoms with Crippen molar-refractivity contribution in [3.8, 4) is 12.8 Å². The Balaban J connectivity index is 0.00000131. The van der Waals surface area contributed by atoms with Crippen LogP contribution in [-0.4, -0.2) is 59.4 Å². The number of anilines is 1. The normalized spacial score (nSPS) is 16.8. The van der Waals surface area contributed by atoms with Crippen LogP contribution in [0.5, 0.6) is 0 Å². The average Bonchev–Trinajstić information content (AvgIpc) is 3.76. The molecular formula is C32H53N9. The van der Waals surface area contributed by atoms with Gasteiger partial charge in [-0.2, -0.15) is 10.1 Å². The number of rotatable bonds is 11. The van der Waals surface area contributed by atoms with Crippen LogP contribution in [0, 0.1) is 25.7 Å². The van der Waals surface area contributed by atoms with Crippen molar-refractivity contribution < 1.29 is 0 Å². The molecule has 1 aliphatic rings. The lowest BCUT2D eigenvalue weighted by atomic mass is 10.1. The van der Waals surface area contributed by atoms with Gasteiger partial charge in [-0.1, -0.05) is 54.5 Å². The van der Waals surface area contributed by atoms with Crippen LogP contribution >= 0.6 is 0 Å². The SMILES string of the molecule is C#C.C=C/C(C)=N\N(C)C1CCC(n2cnc3c(C)nc(NCCc4cn(CC(C)CC)cn4)nc32)C1.CC.CC. The Morgan fingerprint density at radius 2 is 1.90 bits per heavy atom. The fourth-order valence-corrected chi connectivity index (χ4v) is 4.73. The van der Waals surface area contributed by atoms with E-state index in [1.54, 1.807) is 6.08 Å². The van der Waals surface area contributed by atoms with Crippen LogP contribution in [-0.2, 0) is 13.0 Å². The van der Waals surface area contributed by atoms with Crippen molar-refractivity contribution in [3.05, 3.63) is 42.9 Å². The van der Waals surface area contributed by atoms with Gasteiger partial charge < -0.3 is 14.5 Å². The first-order valence-corrected chi connectivity index (χ1v) is 15.1. The lowest BCUT2D eigenvalue weighted by Crippen LogP contribution is -2.25. The van der Waals surface area contributed by atoms with Gasteiger partial charge in [0.05, 0.1) is 29.8 Å². The average molecular weight is 564 g/mol. The third kappa shape index (κ3) is 10.0. The summed E-state index contributed by atoms with van der Waals surface area (Å²) in [7, 11) is 2.05. The van der Waals surface area contributed by atoms with E-state index in [2.05, 4.69) is 79.0 Å². The van der Waals surface area contributed by atoms with Gasteiger partial charge in [0.15, 0.2) is 5.65 Å². The molecule has 0 aliphatic heterocycles. The van der Waals surface area contributed by atoms with Crippen molar-refractivity contribution in [1.29, 1.82) is 0 Å². The second kappa shape index (κ2) is 18.6. The molecule has 3 heterocycles. The molecule has 1 N–H and O–H groups in total. The molecule has 226 valence electrons. The molecule has 0 amide bonds. The Morgan fingerprint density at radius 1 is 1.20 bits per heavy atom. The van der Waals surface area contributed by atoms with Crippen LogP contribution in [0.1, 0.15) is 91.6 Å². The summed E-state index contributed by atoms with van der Waals surface area (Å²) in [6.45, 7) is 22.0. The van der Waals surface area contributed by atoms with Gasteiger partial charge >= 0.3 is 0 Å². The zero-order valence-corrected chi connectivity index (χ0v) is 26.9. The highest BCUT2D eigenvalue weighted by atomic mass is 15.5. The first-order chi connectivity index (χ1) is 19.9. The minimum atomic E-state index is 0.350. The van der Waals surface area contributed by atoms with Gasteiger partial charge in [0.1, 0.15) is 5.52 Å². The van der Waals surface area contributed by atoms with E-state index in [1.165, 1.54) is 6.42 Å². The van der Waals surface area contributed by atoms with Crippen molar-refractivity contribution in [1.82, 2.24) is 34.1 Å². The predicted molar refractivity (Wildman–Crippen MR) is 174 cm³/mol. The van der Waals surface area contributed by atoms with Gasteiger partial charge in [0.2, 0.25) is 5.95 Å². The Labute approximate surface area is 248 Å². The molecule has 41 heavy (non-hydrogen) atoms. The Morgan fingerprint density at radius 3 is 2.56 bits per heavy atom. The lowest BCUT2D eigenvalue weighted by Gasteiger charge is -2.22. The van der Waals surface area contributed by atoms with Crippen LogP contribution in [0.15, 0.2) is 36.6 Å². The summed E-state index contributed by atoms with van der Waals surface area (Å²) in [4.78, 5) is 18.7. The molecule has 0 aromatic carbocycles. The molecule has 0 saturated heterocycles. The summed E-state index contributed by atoms with van der Waals surface area (Å²) >= 11 is 0. The predicted octanol–water partition coefficient (Wildman–Crippen LogP) is 6.92. The molecule has 0 bridgehead atoms. The fourth-order valence-electron chi connectivity index (χ4n) is 4.73. The minimum Gasteiger partial charge on any atom is -0.354 e. The first kappa shape index (κ1) is 35.4. The first-order valence-electron chi connectivity index (χ1n) is 15.1. The van der Waals surface area contributed by atoms with Crippen molar-refractivity contribution in [2.45, 2.75) is 106 Å². The van der Waals surface area contributed by atoms with E-state index in [0.29, 0.717) is 23.9 Å². The summed E-state index contributed by atoms with van der Waals surface area (Å²) in [6.07, 6.45) is 21.0. The van der Waals surface area contributed by atoms with Crippen LogP contribution in [0.4, 0.5) is 5.95 Å². The summed E-state index contributed by atoms with van der Waals surface area (Å²) in [5.41, 5.74) is 4.69. The Bertz CT molecular complexity index is 1220. The number of fused-ring (bicyclic) bond motifs is 1. The van der Waals surface area contributed by atoms with E-state index < -0.39 is 0 Å². The van der Waals surface area contributed by atoms with Crippen molar-refractivity contribution >= 4 is 22.8 Å². The molecule has 1 saturated carbocycles. The third-order valence-corrected chi connectivity index (χ3v) is 7.08. The van der Waals surface area contributed by atoms with Gasteiger partial charge in [0, 0.05) is 44.8 Å². The number of hydrogen-bond acceptors (Lipinski definition) is 7. The molecule has 9 heteroatoms. The van der Waals surface area contributed by atoms with Gasteiger partial charge in [-0.3, -0.25) is 5.01 Å². The molecule has 1 aliphatic carbocycles. The van der Waals surface area contributed by atoms with Crippen LogP contribution in [0.3, 0.4) is 0 Å². The zero-order chi connectivity index (χ0) is 30.9. The van der Waals surface area contributed by atoms with Crippen LogP contribution < -0.4 is 5.32 Å². The van der Waals surface area contributed by atoms with Crippen molar-refractivity contribution in [2.24, 2.45) is 11.0 Å². The zero-order valence-electron chi connectivity index (χ0n) is 26.9. The molecule has 1 fully saturated rings. The third-order valence-electron chi connectivity index (χ3n) is 7.08. The van der Waals surface area contributed by atoms with Gasteiger partial charge in [-0.05, 0) is 45.1 Å². The maximum Gasteiger partial charge on any atom is 0.225 e. The summed E-state index contributed by atoms with van der Waals surface area (Å²) < 4.78 is 4.41. The molecule has 0 radical (unpaired) electrons. The number of hydrazone groups is 1. The Hall–Kier alpha value is -3.67. The van der Waals surface area contributed by atoms with E-state index in [0.717, 1.165) is 67.0 Å². The summed E-state index contributed by atoms with van der Waals surface area (Å²) in [6, 6.07) is 0.747. The van der Waals surface area contributed by atoms with E-state index in [4.69, 9.17) is 4.98 Å². The number of terminal acetylenes is 1. The minimum absolute atomic E-state index is 0.350. The second-order valence-corrected chi connectivity index (χ2v) is 9.85. The number of allylic oxidation sites excluding steroid dienone is 1. The van der Waals surface area contributed by atoms with Crippen LogP contribution in [0.25, 0.3) is 11.2 Å². The number of hydrogen-bond donors (Lipinski definition) is 1. The summed E-state index contributed by atoms with van der Waals surface area (Å²) in [5, 5.41) is 10.1. The Kier molecular flexibility index (Phi) is 16.1. The molecule has 3 atom stereocenters. The monoisotopic (exact) mass is 563 g/mol. The molecule has 4 rings (SSSR count). The fraction of sp³-hybridized carbons (Fsp3) is 0.594. The lowest BCUT2D eigenvalue weighted by molar-refractivity contribution is 0.252. The van der Waals surface area contributed by atoms with Crippen LogP contribution in [0.2, 0.25) is 0 Å². The molecule has 3 aromatic rings.